The standard InChI is InChI=1S/C15H22F2N2O/c1-4-19(5-2)14(20)9-10-18-11(3)12-7-6-8-13(16)15(12)17/h6-8,11,18H,4-5,9-10H2,1-3H3. The molecule has 0 spiro atoms. The Balaban J connectivity index is 2.50. The van der Waals surface area contributed by atoms with E-state index < -0.39 is 11.6 Å². The van der Waals surface area contributed by atoms with Crippen LogP contribution in [0.5, 0.6) is 0 Å². The first kappa shape index (κ1) is 16.6. The summed E-state index contributed by atoms with van der Waals surface area (Å²) < 4.78 is 26.7. The Morgan fingerprint density at radius 1 is 1.30 bits per heavy atom. The number of halogens is 2. The smallest absolute Gasteiger partial charge is 0.223 e. The molecule has 1 aromatic carbocycles. The van der Waals surface area contributed by atoms with Gasteiger partial charge in [-0.3, -0.25) is 4.79 Å². The van der Waals surface area contributed by atoms with Gasteiger partial charge in [-0.25, -0.2) is 8.78 Å². The number of amides is 1. The van der Waals surface area contributed by atoms with Crippen molar-refractivity contribution in [1.82, 2.24) is 10.2 Å². The van der Waals surface area contributed by atoms with Crippen LogP contribution < -0.4 is 5.32 Å². The molecule has 1 aromatic rings. The molecule has 5 heteroatoms. The molecule has 1 rings (SSSR count). The van der Waals surface area contributed by atoms with Crippen LogP contribution in [-0.2, 0) is 4.79 Å². The Morgan fingerprint density at radius 2 is 1.95 bits per heavy atom. The van der Waals surface area contributed by atoms with Crippen LogP contribution in [0.3, 0.4) is 0 Å². The Kier molecular flexibility index (Phi) is 6.58. The molecule has 0 saturated heterocycles. The fourth-order valence-electron chi connectivity index (χ4n) is 2.09. The summed E-state index contributed by atoms with van der Waals surface area (Å²) in [6.45, 7) is 7.41. The molecular formula is C15H22F2N2O. The van der Waals surface area contributed by atoms with Crippen molar-refractivity contribution in [2.45, 2.75) is 33.2 Å². The summed E-state index contributed by atoms with van der Waals surface area (Å²) in [6.07, 6.45) is 0.350. The topological polar surface area (TPSA) is 32.3 Å². The van der Waals surface area contributed by atoms with Gasteiger partial charge in [0.25, 0.3) is 0 Å². The van der Waals surface area contributed by atoms with Crippen molar-refractivity contribution in [3.05, 3.63) is 35.4 Å². The predicted octanol–water partition coefficient (Wildman–Crippen LogP) is 2.87. The van der Waals surface area contributed by atoms with Crippen molar-refractivity contribution in [1.29, 1.82) is 0 Å². The van der Waals surface area contributed by atoms with E-state index in [2.05, 4.69) is 5.32 Å². The molecule has 3 nitrogen and oxygen atoms in total. The molecule has 0 saturated carbocycles. The Labute approximate surface area is 119 Å². The highest BCUT2D eigenvalue weighted by Gasteiger charge is 2.15. The first-order chi connectivity index (χ1) is 9.51. The molecule has 0 aliphatic heterocycles. The molecule has 1 amide bonds. The van der Waals surface area contributed by atoms with Crippen molar-refractivity contribution in [3.8, 4) is 0 Å². The number of carbonyl (C=O) groups excluding carboxylic acids is 1. The molecule has 0 fully saturated rings. The van der Waals surface area contributed by atoms with Crippen molar-refractivity contribution < 1.29 is 13.6 Å². The third-order valence-corrected chi connectivity index (χ3v) is 3.35. The maximum atomic E-state index is 13.6. The quantitative estimate of drug-likeness (QED) is 0.835. The van der Waals surface area contributed by atoms with Gasteiger partial charge in [0, 0.05) is 37.7 Å². The summed E-state index contributed by atoms with van der Waals surface area (Å²) in [7, 11) is 0. The zero-order chi connectivity index (χ0) is 15.1. The maximum Gasteiger partial charge on any atom is 0.223 e. The Morgan fingerprint density at radius 3 is 2.55 bits per heavy atom. The number of hydrogen-bond acceptors (Lipinski definition) is 2. The molecule has 0 aromatic heterocycles. The molecule has 0 heterocycles. The van der Waals surface area contributed by atoms with Gasteiger partial charge in [0.15, 0.2) is 11.6 Å². The average Bonchev–Trinajstić information content (AvgIpc) is 2.43. The van der Waals surface area contributed by atoms with E-state index >= 15 is 0 Å². The van der Waals surface area contributed by atoms with E-state index in [4.69, 9.17) is 0 Å². The fourth-order valence-corrected chi connectivity index (χ4v) is 2.09. The maximum absolute atomic E-state index is 13.6. The van der Waals surface area contributed by atoms with Crippen molar-refractivity contribution in [2.75, 3.05) is 19.6 Å². The Hall–Kier alpha value is -1.49. The third-order valence-electron chi connectivity index (χ3n) is 3.35. The molecule has 0 aliphatic carbocycles. The van der Waals surface area contributed by atoms with Gasteiger partial charge in [-0.15, -0.1) is 0 Å². The number of nitrogens with one attached hydrogen (secondary N) is 1. The number of rotatable bonds is 7. The van der Waals surface area contributed by atoms with Crippen molar-refractivity contribution >= 4 is 5.91 Å². The Bertz CT molecular complexity index is 447. The molecular weight excluding hydrogens is 262 g/mol. The van der Waals surface area contributed by atoms with E-state index in [9.17, 15) is 13.6 Å². The summed E-state index contributed by atoms with van der Waals surface area (Å²) in [5.41, 5.74) is 0.278. The highest BCUT2D eigenvalue weighted by Crippen LogP contribution is 2.18. The zero-order valence-corrected chi connectivity index (χ0v) is 12.2. The van der Waals surface area contributed by atoms with Gasteiger partial charge >= 0.3 is 0 Å². The van der Waals surface area contributed by atoms with Crippen LogP contribution in [0.25, 0.3) is 0 Å². The van der Waals surface area contributed by atoms with Crippen molar-refractivity contribution in [2.24, 2.45) is 0 Å². The van der Waals surface area contributed by atoms with Crippen LogP contribution in [-0.4, -0.2) is 30.4 Å². The summed E-state index contributed by atoms with van der Waals surface area (Å²) in [6, 6.07) is 3.78. The average molecular weight is 284 g/mol. The van der Waals surface area contributed by atoms with Crippen LogP contribution in [0.2, 0.25) is 0 Å². The number of carbonyl (C=O) groups is 1. The number of benzene rings is 1. The van der Waals surface area contributed by atoms with Gasteiger partial charge in [0.2, 0.25) is 5.91 Å². The van der Waals surface area contributed by atoms with E-state index in [1.54, 1.807) is 17.9 Å². The lowest BCUT2D eigenvalue weighted by Gasteiger charge is -2.20. The van der Waals surface area contributed by atoms with Crippen molar-refractivity contribution in [3.63, 3.8) is 0 Å². The molecule has 20 heavy (non-hydrogen) atoms. The van der Waals surface area contributed by atoms with Gasteiger partial charge in [-0.1, -0.05) is 12.1 Å². The molecule has 0 bridgehead atoms. The normalized spacial score (nSPS) is 12.2. The second kappa shape index (κ2) is 7.94. The number of nitrogens with zero attached hydrogens (tertiary/aromatic N) is 1. The van der Waals surface area contributed by atoms with Crippen LogP contribution in [0.1, 0.15) is 38.8 Å². The van der Waals surface area contributed by atoms with Crippen LogP contribution in [0, 0.1) is 11.6 Å². The summed E-state index contributed by atoms with van der Waals surface area (Å²) in [4.78, 5) is 13.5. The molecule has 1 atom stereocenters. The van der Waals surface area contributed by atoms with Crippen LogP contribution in [0.4, 0.5) is 8.78 Å². The number of hydrogen-bond donors (Lipinski definition) is 1. The largest absolute Gasteiger partial charge is 0.343 e. The summed E-state index contributed by atoms with van der Waals surface area (Å²) in [5, 5.41) is 3.05. The minimum absolute atomic E-state index is 0.0643. The minimum atomic E-state index is -0.852. The lowest BCUT2D eigenvalue weighted by Crippen LogP contribution is -2.33. The monoisotopic (exact) mass is 284 g/mol. The fraction of sp³-hybridized carbons (Fsp3) is 0.533. The minimum Gasteiger partial charge on any atom is -0.343 e. The van der Waals surface area contributed by atoms with E-state index in [0.717, 1.165) is 6.07 Å². The van der Waals surface area contributed by atoms with E-state index in [-0.39, 0.29) is 17.5 Å². The SMILES string of the molecule is CCN(CC)C(=O)CCNC(C)c1cccc(F)c1F. The lowest BCUT2D eigenvalue weighted by atomic mass is 10.1. The molecule has 1 N–H and O–H groups in total. The first-order valence-electron chi connectivity index (χ1n) is 6.96. The summed E-state index contributed by atoms with van der Waals surface area (Å²) >= 11 is 0. The highest BCUT2D eigenvalue weighted by molar-refractivity contribution is 5.76. The molecule has 1 unspecified atom stereocenters. The van der Waals surface area contributed by atoms with Gasteiger partial charge in [-0.2, -0.15) is 0 Å². The molecule has 0 radical (unpaired) electrons. The van der Waals surface area contributed by atoms with E-state index in [0.29, 0.717) is 26.1 Å². The van der Waals surface area contributed by atoms with Gasteiger partial charge < -0.3 is 10.2 Å². The van der Waals surface area contributed by atoms with Gasteiger partial charge in [0.05, 0.1) is 0 Å². The van der Waals surface area contributed by atoms with Crippen LogP contribution >= 0.6 is 0 Å². The lowest BCUT2D eigenvalue weighted by molar-refractivity contribution is -0.130. The molecule has 112 valence electrons. The van der Waals surface area contributed by atoms with Gasteiger partial charge in [-0.05, 0) is 26.8 Å². The second-order valence-electron chi connectivity index (χ2n) is 4.63. The van der Waals surface area contributed by atoms with E-state index in [1.807, 2.05) is 13.8 Å². The highest BCUT2D eigenvalue weighted by atomic mass is 19.2. The summed E-state index contributed by atoms with van der Waals surface area (Å²) in [5.74, 6) is -1.62. The first-order valence-corrected chi connectivity index (χ1v) is 6.96. The molecule has 0 aliphatic rings. The third kappa shape index (κ3) is 4.27. The van der Waals surface area contributed by atoms with Crippen LogP contribution in [0.15, 0.2) is 18.2 Å². The van der Waals surface area contributed by atoms with Gasteiger partial charge in [0.1, 0.15) is 0 Å². The predicted molar refractivity (Wildman–Crippen MR) is 75.3 cm³/mol. The zero-order valence-electron chi connectivity index (χ0n) is 12.2. The second-order valence-corrected chi connectivity index (χ2v) is 4.63. The van der Waals surface area contributed by atoms with E-state index in [1.165, 1.54) is 6.07 Å².